The molecule has 1 atom stereocenters. The summed E-state index contributed by atoms with van der Waals surface area (Å²) in [5, 5.41) is 2.94. The predicted octanol–water partition coefficient (Wildman–Crippen LogP) is 3.28. The van der Waals surface area contributed by atoms with Crippen LogP contribution in [0, 0.1) is 0 Å². The van der Waals surface area contributed by atoms with Crippen molar-refractivity contribution in [3.63, 3.8) is 0 Å². The van der Waals surface area contributed by atoms with Crippen molar-refractivity contribution in [2.45, 2.75) is 50.7 Å². The fourth-order valence-corrected chi connectivity index (χ4v) is 3.48. The second-order valence-electron chi connectivity index (χ2n) is 7.20. The van der Waals surface area contributed by atoms with Crippen molar-refractivity contribution < 1.29 is 14.3 Å². The van der Waals surface area contributed by atoms with Gasteiger partial charge >= 0.3 is 5.97 Å². The van der Waals surface area contributed by atoms with Gasteiger partial charge in [-0.05, 0) is 48.8 Å². The zero-order valence-corrected chi connectivity index (χ0v) is 14.7. The molecule has 1 fully saturated rings. The van der Waals surface area contributed by atoms with Crippen LogP contribution in [0.2, 0.25) is 0 Å². The number of carbonyl (C=O) groups is 2. The molecule has 0 unspecified atom stereocenters. The van der Waals surface area contributed by atoms with Crippen molar-refractivity contribution in [3.05, 3.63) is 70.8 Å². The highest BCUT2D eigenvalue weighted by Gasteiger charge is 2.30. The van der Waals surface area contributed by atoms with Gasteiger partial charge in [-0.1, -0.05) is 48.5 Å². The number of amides is 1. The average molecular weight is 349 g/mol. The van der Waals surface area contributed by atoms with Crippen LogP contribution < -0.4 is 5.32 Å². The monoisotopic (exact) mass is 349 g/mol. The number of aryl methyl sites for hydroxylation is 2. The Morgan fingerprint density at radius 3 is 2.58 bits per heavy atom. The lowest BCUT2D eigenvalue weighted by Crippen LogP contribution is -2.33. The number of hydrogen-bond acceptors (Lipinski definition) is 3. The molecule has 2 aliphatic carbocycles. The minimum Gasteiger partial charge on any atom is -0.447 e. The largest absolute Gasteiger partial charge is 0.447 e. The Morgan fingerprint density at radius 1 is 1.04 bits per heavy atom. The highest BCUT2D eigenvalue weighted by atomic mass is 16.5. The first-order chi connectivity index (χ1) is 12.7. The van der Waals surface area contributed by atoms with Crippen LogP contribution in [-0.4, -0.2) is 17.9 Å². The first kappa shape index (κ1) is 16.8. The standard InChI is InChI=1S/C22H23NO3/c24-20(14-15-9-10-16-7-4-8-18(16)13-15)26-21(17-5-2-1-3-6-17)22(25)23-19-11-12-19/h1-3,5-6,9-10,13,19,21H,4,7-8,11-12,14H2,(H,23,25)/t21-/m1/s1. The van der Waals surface area contributed by atoms with Crippen LogP contribution in [0.25, 0.3) is 0 Å². The number of rotatable bonds is 6. The summed E-state index contributed by atoms with van der Waals surface area (Å²) in [6.07, 6.45) is 4.67. The fraction of sp³-hybridized carbons (Fsp3) is 0.364. The normalized spacial score (nSPS) is 16.6. The van der Waals surface area contributed by atoms with E-state index in [0.717, 1.165) is 31.2 Å². The molecule has 2 aromatic rings. The second-order valence-corrected chi connectivity index (χ2v) is 7.20. The maximum atomic E-state index is 12.5. The number of carbonyl (C=O) groups excluding carboxylic acids is 2. The van der Waals surface area contributed by atoms with Gasteiger partial charge in [0, 0.05) is 11.6 Å². The molecule has 2 aliphatic rings. The molecule has 4 nitrogen and oxygen atoms in total. The van der Waals surface area contributed by atoms with Crippen molar-refractivity contribution in [2.75, 3.05) is 0 Å². The van der Waals surface area contributed by atoms with E-state index < -0.39 is 6.10 Å². The van der Waals surface area contributed by atoms with Gasteiger partial charge in [0.1, 0.15) is 0 Å². The maximum Gasteiger partial charge on any atom is 0.311 e. The fourth-order valence-electron chi connectivity index (χ4n) is 3.48. The van der Waals surface area contributed by atoms with Crippen molar-refractivity contribution >= 4 is 11.9 Å². The second kappa shape index (κ2) is 7.32. The summed E-state index contributed by atoms with van der Waals surface area (Å²) < 4.78 is 5.60. The molecule has 0 heterocycles. The van der Waals surface area contributed by atoms with Crippen molar-refractivity contribution in [3.8, 4) is 0 Å². The first-order valence-electron chi connectivity index (χ1n) is 9.34. The van der Waals surface area contributed by atoms with E-state index in [-0.39, 0.29) is 24.3 Å². The Bertz CT molecular complexity index is 811. The molecule has 0 aliphatic heterocycles. The molecular formula is C22H23NO3. The van der Waals surface area contributed by atoms with Crippen LogP contribution in [0.1, 0.15) is 47.6 Å². The Hall–Kier alpha value is -2.62. The van der Waals surface area contributed by atoms with Crippen LogP contribution >= 0.6 is 0 Å². The van der Waals surface area contributed by atoms with E-state index in [2.05, 4.69) is 17.4 Å². The Labute approximate surface area is 153 Å². The molecule has 1 saturated carbocycles. The van der Waals surface area contributed by atoms with E-state index in [0.29, 0.717) is 5.56 Å². The Balaban J connectivity index is 1.45. The topological polar surface area (TPSA) is 55.4 Å². The summed E-state index contributed by atoms with van der Waals surface area (Å²) in [6.45, 7) is 0. The number of ether oxygens (including phenoxy) is 1. The van der Waals surface area contributed by atoms with Crippen LogP contribution in [0.4, 0.5) is 0 Å². The predicted molar refractivity (Wildman–Crippen MR) is 98.6 cm³/mol. The van der Waals surface area contributed by atoms with E-state index in [9.17, 15) is 9.59 Å². The third-order valence-electron chi connectivity index (χ3n) is 5.02. The van der Waals surface area contributed by atoms with E-state index in [1.165, 1.54) is 17.5 Å². The summed E-state index contributed by atoms with van der Waals surface area (Å²) in [4.78, 5) is 25.0. The Morgan fingerprint density at radius 2 is 1.81 bits per heavy atom. The number of benzene rings is 2. The number of nitrogens with one attached hydrogen (secondary N) is 1. The average Bonchev–Trinajstić information content (AvgIpc) is 3.34. The number of hydrogen-bond donors (Lipinski definition) is 1. The molecule has 1 amide bonds. The minimum absolute atomic E-state index is 0.188. The summed E-state index contributed by atoms with van der Waals surface area (Å²) >= 11 is 0. The van der Waals surface area contributed by atoms with Crippen LogP contribution in [0.5, 0.6) is 0 Å². The molecular weight excluding hydrogens is 326 g/mol. The van der Waals surface area contributed by atoms with Crippen LogP contribution in [0.15, 0.2) is 48.5 Å². The molecule has 1 N–H and O–H groups in total. The van der Waals surface area contributed by atoms with E-state index in [1.54, 1.807) is 0 Å². The lowest BCUT2D eigenvalue weighted by molar-refractivity contribution is -0.156. The maximum absolute atomic E-state index is 12.5. The van der Waals surface area contributed by atoms with Gasteiger partial charge in [-0.25, -0.2) is 0 Å². The van der Waals surface area contributed by atoms with Gasteiger partial charge in [0.05, 0.1) is 6.42 Å². The van der Waals surface area contributed by atoms with Gasteiger partial charge in [0.15, 0.2) is 0 Å². The van der Waals surface area contributed by atoms with Gasteiger partial charge in [0.25, 0.3) is 5.91 Å². The van der Waals surface area contributed by atoms with Crippen molar-refractivity contribution in [1.82, 2.24) is 5.32 Å². The van der Waals surface area contributed by atoms with E-state index >= 15 is 0 Å². The van der Waals surface area contributed by atoms with Gasteiger partial charge in [-0.15, -0.1) is 0 Å². The highest BCUT2D eigenvalue weighted by molar-refractivity contribution is 5.85. The van der Waals surface area contributed by atoms with Crippen molar-refractivity contribution in [2.24, 2.45) is 0 Å². The van der Waals surface area contributed by atoms with Gasteiger partial charge in [-0.3, -0.25) is 9.59 Å². The molecule has 4 rings (SSSR count). The van der Waals surface area contributed by atoms with E-state index in [1.807, 2.05) is 36.4 Å². The van der Waals surface area contributed by atoms with E-state index in [4.69, 9.17) is 4.74 Å². The molecule has 2 aromatic carbocycles. The smallest absolute Gasteiger partial charge is 0.311 e. The van der Waals surface area contributed by atoms with Crippen molar-refractivity contribution in [1.29, 1.82) is 0 Å². The molecule has 26 heavy (non-hydrogen) atoms. The zero-order valence-electron chi connectivity index (χ0n) is 14.7. The number of esters is 1. The SMILES string of the molecule is O=C(Cc1ccc2c(c1)CCC2)O[C@@H](C(=O)NC1CC1)c1ccccc1. The summed E-state index contributed by atoms with van der Waals surface area (Å²) in [5.41, 5.74) is 4.37. The molecule has 0 spiro atoms. The molecule has 0 radical (unpaired) electrons. The summed E-state index contributed by atoms with van der Waals surface area (Å²) in [6, 6.07) is 15.6. The molecule has 0 aromatic heterocycles. The summed E-state index contributed by atoms with van der Waals surface area (Å²) in [5.74, 6) is -0.608. The molecule has 134 valence electrons. The third-order valence-corrected chi connectivity index (χ3v) is 5.02. The number of fused-ring (bicyclic) bond motifs is 1. The lowest BCUT2D eigenvalue weighted by Gasteiger charge is -2.18. The van der Waals surface area contributed by atoms with Crippen LogP contribution in [0.3, 0.4) is 0 Å². The minimum atomic E-state index is -0.890. The third kappa shape index (κ3) is 3.96. The highest BCUT2D eigenvalue weighted by Crippen LogP contribution is 2.25. The Kier molecular flexibility index (Phi) is 4.74. The molecule has 0 bridgehead atoms. The summed E-state index contributed by atoms with van der Waals surface area (Å²) in [7, 11) is 0. The van der Waals surface area contributed by atoms with Gasteiger partial charge in [-0.2, -0.15) is 0 Å². The zero-order chi connectivity index (χ0) is 17.9. The first-order valence-corrected chi connectivity index (χ1v) is 9.34. The quantitative estimate of drug-likeness (QED) is 0.814. The molecule has 0 saturated heterocycles. The van der Waals surface area contributed by atoms with Gasteiger partial charge < -0.3 is 10.1 Å². The van der Waals surface area contributed by atoms with Crippen LogP contribution in [-0.2, 0) is 33.6 Å². The van der Waals surface area contributed by atoms with Gasteiger partial charge in [0.2, 0.25) is 6.10 Å². The molecule has 4 heteroatoms. The lowest BCUT2D eigenvalue weighted by atomic mass is 10.0.